The molecule has 27 heavy (non-hydrogen) atoms. The van der Waals surface area contributed by atoms with Gasteiger partial charge in [-0.2, -0.15) is 0 Å². The lowest BCUT2D eigenvalue weighted by molar-refractivity contribution is -0.133. The van der Waals surface area contributed by atoms with E-state index in [0.717, 1.165) is 13.1 Å². The minimum absolute atomic E-state index is 0.00325. The van der Waals surface area contributed by atoms with Crippen molar-refractivity contribution in [3.63, 3.8) is 0 Å². The van der Waals surface area contributed by atoms with Crippen LogP contribution in [0.5, 0.6) is 11.5 Å². The zero-order chi connectivity index (χ0) is 19.2. The maximum Gasteiger partial charge on any atom is 0.260 e. The zero-order valence-electron chi connectivity index (χ0n) is 16.2. The van der Waals surface area contributed by atoms with Crippen molar-refractivity contribution in [1.82, 2.24) is 4.90 Å². The van der Waals surface area contributed by atoms with Crippen LogP contribution in [0.2, 0.25) is 0 Å². The second-order valence-corrected chi connectivity index (χ2v) is 6.72. The van der Waals surface area contributed by atoms with Crippen molar-refractivity contribution < 1.29 is 14.3 Å². The summed E-state index contributed by atoms with van der Waals surface area (Å²) < 4.78 is 10.9. The summed E-state index contributed by atoms with van der Waals surface area (Å²) in [7, 11) is 5.66. The molecule has 1 aliphatic heterocycles. The molecule has 3 rings (SSSR count). The Morgan fingerprint density at radius 1 is 0.963 bits per heavy atom. The minimum Gasteiger partial charge on any atom is -0.493 e. The number of hydrogen-bond acceptors (Lipinski definition) is 5. The van der Waals surface area contributed by atoms with E-state index < -0.39 is 0 Å². The summed E-state index contributed by atoms with van der Waals surface area (Å²) in [6, 6.07) is 15.9. The van der Waals surface area contributed by atoms with Gasteiger partial charge in [0.05, 0.1) is 7.11 Å². The molecule has 144 valence electrons. The van der Waals surface area contributed by atoms with E-state index in [9.17, 15) is 4.79 Å². The molecule has 0 radical (unpaired) electrons. The van der Waals surface area contributed by atoms with E-state index in [1.54, 1.807) is 13.2 Å². The molecule has 2 aromatic carbocycles. The molecule has 1 amide bonds. The third-order valence-corrected chi connectivity index (χ3v) is 4.78. The minimum atomic E-state index is 0.00325. The fourth-order valence-corrected chi connectivity index (χ4v) is 3.14. The van der Waals surface area contributed by atoms with Gasteiger partial charge in [0.25, 0.3) is 5.91 Å². The van der Waals surface area contributed by atoms with Crippen molar-refractivity contribution in [3.8, 4) is 11.5 Å². The van der Waals surface area contributed by atoms with E-state index in [0.29, 0.717) is 24.6 Å². The number of methoxy groups -OCH3 is 1. The van der Waals surface area contributed by atoms with Crippen molar-refractivity contribution in [2.45, 2.75) is 0 Å². The molecule has 0 N–H and O–H groups in total. The standard InChI is InChI=1S/C21H27N3O3/c1-22(2)17-8-10-18(11-9-17)23-12-14-24(15-13-23)21(25)16-27-20-7-5-4-6-19(20)26-3/h4-11H,12-16H2,1-3H3. The first-order chi connectivity index (χ1) is 13.1. The monoisotopic (exact) mass is 369 g/mol. The number of rotatable bonds is 6. The number of para-hydroxylation sites is 2. The second-order valence-electron chi connectivity index (χ2n) is 6.72. The van der Waals surface area contributed by atoms with E-state index in [-0.39, 0.29) is 12.5 Å². The Hall–Kier alpha value is -2.89. The van der Waals surface area contributed by atoms with Crippen molar-refractivity contribution >= 4 is 17.3 Å². The molecule has 1 saturated heterocycles. The Bertz CT molecular complexity index is 754. The number of hydrogen-bond donors (Lipinski definition) is 0. The number of ether oxygens (including phenoxy) is 2. The van der Waals surface area contributed by atoms with Crippen molar-refractivity contribution in [2.75, 3.05) is 63.8 Å². The van der Waals surface area contributed by atoms with Gasteiger partial charge in [0.2, 0.25) is 0 Å². The smallest absolute Gasteiger partial charge is 0.260 e. The fourth-order valence-electron chi connectivity index (χ4n) is 3.14. The number of nitrogens with zero attached hydrogens (tertiary/aromatic N) is 3. The zero-order valence-corrected chi connectivity index (χ0v) is 16.2. The van der Waals surface area contributed by atoms with Crippen molar-refractivity contribution in [2.24, 2.45) is 0 Å². The molecule has 1 fully saturated rings. The molecule has 0 atom stereocenters. The molecule has 0 spiro atoms. The maximum atomic E-state index is 12.5. The molecular weight excluding hydrogens is 342 g/mol. The number of anilines is 2. The summed E-state index contributed by atoms with van der Waals surface area (Å²) >= 11 is 0. The third kappa shape index (κ3) is 4.64. The number of carbonyl (C=O) groups is 1. The summed E-state index contributed by atoms with van der Waals surface area (Å²) in [6.07, 6.45) is 0. The molecule has 0 aliphatic carbocycles. The van der Waals surface area contributed by atoms with Gasteiger partial charge in [-0.3, -0.25) is 4.79 Å². The molecule has 0 unspecified atom stereocenters. The Morgan fingerprint density at radius 3 is 2.19 bits per heavy atom. The number of benzene rings is 2. The van der Waals surface area contributed by atoms with Crippen LogP contribution in [0.3, 0.4) is 0 Å². The second kappa shape index (κ2) is 8.66. The average Bonchev–Trinajstić information content (AvgIpc) is 2.72. The van der Waals surface area contributed by atoms with Crippen LogP contribution >= 0.6 is 0 Å². The van der Waals surface area contributed by atoms with Gasteiger partial charge in [-0.25, -0.2) is 0 Å². The fraction of sp³-hybridized carbons (Fsp3) is 0.381. The number of carbonyl (C=O) groups excluding carboxylic acids is 1. The molecule has 0 saturated carbocycles. The van der Waals surface area contributed by atoms with Gasteiger partial charge >= 0.3 is 0 Å². The van der Waals surface area contributed by atoms with Crippen molar-refractivity contribution in [3.05, 3.63) is 48.5 Å². The molecule has 6 heteroatoms. The summed E-state index contributed by atoms with van der Waals surface area (Å²) in [5, 5.41) is 0. The summed E-state index contributed by atoms with van der Waals surface area (Å²) in [5.41, 5.74) is 2.37. The predicted molar refractivity (Wildman–Crippen MR) is 108 cm³/mol. The van der Waals surface area contributed by atoms with Gasteiger partial charge in [0, 0.05) is 51.6 Å². The molecule has 0 aromatic heterocycles. The molecule has 2 aromatic rings. The Balaban J connectivity index is 1.50. The number of piperazine rings is 1. The molecule has 1 aliphatic rings. The normalized spacial score (nSPS) is 14.0. The van der Waals surface area contributed by atoms with Crippen LogP contribution in [0, 0.1) is 0 Å². The largest absolute Gasteiger partial charge is 0.493 e. The highest BCUT2D eigenvalue weighted by molar-refractivity contribution is 5.78. The van der Waals surface area contributed by atoms with Crippen LogP contribution in [0.15, 0.2) is 48.5 Å². The first kappa shape index (κ1) is 18.9. The first-order valence-corrected chi connectivity index (χ1v) is 9.14. The van der Waals surface area contributed by atoms with Gasteiger partial charge in [0.15, 0.2) is 18.1 Å². The van der Waals surface area contributed by atoms with Gasteiger partial charge in [-0.05, 0) is 36.4 Å². The highest BCUT2D eigenvalue weighted by Crippen LogP contribution is 2.26. The summed E-state index contributed by atoms with van der Waals surface area (Å²) in [4.78, 5) is 18.7. The highest BCUT2D eigenvalue weighted by atomic mass is 16.5. The quantitative estimate of drug-likeness (QED) is 0.783. The van der Waals surface area contributed by atoms with E-state index in [4.69, 9.17) is 9.47 Å². The highest BCUT2D eigenvalue weighted by Gasteiger charge is 2.22. The van der Waals surface area contributed by atoms with E-state index >= 15 is 0 Å². The molecular formula is C21H27N3O3. The lowest BCUT2D eigenvalue weighted by Gasteiger charge is -2.36. The van der Waals surface area contributed by atoms with Gasteiger partial charge in [-0.15, -0.1) is 0 Å². The van der Waals surface area contributed by atoms with Crippen molar-refractivity contribution in [1.29, 1.82) is 0 Å². The summed E-state index contributed by atoms with van der Waals surface area (Å²) in [6.45, 7) is 3.06. The molecule has 1 heterocycles. The van der Waals surface area contributed by atoms with E-state index in [2.05, 4.69) is 34.1 Å². The Morgan fingerprint density at radius 2 is 1.59 bits per heavy atom. The lowest BCUT2D eigenvalue weighted by Crippen LogP contribution is -2.50. The van der Waals surface area contributed by atoms with Gasteiger partial charge in [0.1, 0.15) is 0 Å². The predicted octanol–water partition coefficient (Wildman–Crippen LogP) is 2.49. The lowest BCUT2D eigenvalue weighted by atomic mass is 10.2. The topological polar surface area (TPSA) is 45.3 Å². The average molecular weight is 369 g/mol. The van der Waals surface area contributed by atoms with Crippen LogP contribution in [0.1, 0.15) is 0 Å². The first-order valence-electron chi connectivity index (χ1n) is 9.14. The van der Waals surface area contributed by atoms with E-state index in [1.165, 1.54) is 11.4 Å². The van der Waals surface area contributed by atoms with Crippen LogP contribution in [-0.2, 0) is 4.79 Å². The third-order valence-electron chi connectivity index (χ3n) is 4.78. The Labute approximate surface area is 160 Å². The summed E-state index contributed by atoms with van der Waals surface area (Å²) in [5.74, 6) is 1.23. The molecule has 6 nitrogen and oxygen atoms in total. The molecule has 0 bridgehead atoms. The number of amides is 1. The SMILES string of the molecule is COc1ccccc1OCC(=O)N1CCN(c2ccc(N(C)C)cc2)CC1. The van der Waals surface area contributed by atoms with Crippen LogP contribution in [0.25, 0.3) is 0 Å². The van der Waals surface area contributed by atoms with Crippen LogP contribution in [0.4, 0.5) is 11.4 Å². The van der Waals surface area contributed by atoms with Crippen LogP contribution < -0.4 is 19.3 Å². The Kier molecular flexibility index (Phi) is 6.06. The van der Waals surface area contributed by atoms with Gasteiger partial charge < -0.3 is 24.2 Å². The maximum absolute atomic E-state index is 12.5. The van der Waals surface area contributed by atoms with Crippen LogP contribution in [-0.4, -0.2) is 64.8 Å². The van der Waals surface area contributed by atoms with E-state index in [1.807, 2.05) is 37.2 Å². The van der Waals surface area contributed by atoms with Gasteiger partial charge in [-0.1, -0.05) is 12.1 Å².